The Hall–Kier alpha value is -3.39. The van der Waals surface area contributed by atoms with Crippen LogP contribution in [-0.4, -0.2) is 75.8 Å². The number of thioether (sulfide) groups is 1. The van der Waals surface area contributed by atoms with Crippen LogP contribution >= 0.6 is 11.8 Å². The Kier molecular flexibility index (Phi) is 15.5. The average molecular weight is 627 g/mol. The van der Waals surface area contributed by atoms with Crippen LogP contribution in [0.25, 0.3) is 0 Å². The number of nitrogens with zero attached hydrogens (tertiary/aromatic N) is 1. The minimum Gasteiger partial charge on any atom is -0.389 e. The largest absolute Gasteiger partial charge is 0.416 e. The molecule has 13 heteroatoms. The molecule has 0 radical (unpaired) electrons. The van der Waals surface area contributed by atoms with E-state index < -0.39 is 41.8 Å². The number of alkyl halides is 3. The van der Waals surface area contributed by atoms with Crippen LogP contribution in [0.2, 0.25) is 0 Å². The predicted molar refractivity (Wildman–Crippen MR) is 162 cm³/mol. The molecule has 238 valence electrons. The van der Waals surface area contributed by atoms with Crippen LogP contribution in [0.15, 0.2) is 66.7 Å². The predicted octanol–water partition coefficient (Wildman–Crippen LogP) is 2.85. The van der Waals surface area contributed by atoms with Crippen molar-refractivity contribution in [2.45, 2.75) is 62.9 Å². The standard InChI is InChI=1S/C20H28N2O4S.C9H8F3NO.CH5N/c1-13(14(2)23)18(25)21-16(10-15-8-6-5-7-9-15)17(24)19(26)22-11-20(3,4)27-12-22;10-9(11,12)8-4-2-1-3-7(8)5-13-6-14;1-2/h5-9,14,16-17,23-24H,1,10-12H2,2-4H3,(H,21,25);1-4,6H,5H2,(H,13,14);2H2,1H3. The maximum Gasteiger partial charge on any atom is 0.416 e. The summed E-state index contributed by atoms with van der Waals surface area (Å²) in [5, 5.41) is 25.2. The third kappa shape index (κ3) is 12.4. The molecule has 1 fully saturated rings. The number of benzene rings is 2. The first-order chi connectivity index (χ1) is 20.2. The molecule has 3 unspecified atom stereocenters. The van der Waals surface area contributed by atoms with Crippen molar-refractivity contribution in [3.05, 3.63) is 83.4 Å². The van der Waals surface area contributed by atoms with Gasteiger partial charge in [0.2, 0.25) is 12.3 Å². The topological polar surface area (TPSA) is 145 Å². The third-order valence-corrected chi connectivity index (χ3v) is 7.59. The van der Waals surface area contributed by atoms with Gasteiger partial charge in [0, 0.05) is 23.4 Å². The number of nitrogens with two attached hydrogens (primary N) is 1. The van der Waals surface area contributed by atoms with Crippen molar-refractivity contribution in [2.24, 2.45) is 5.73 Å². The number of rotatable bonds is 10. The molecule has 2 aromatic carbocycles. The highest BCUT2D eigenvalue weighted by Crippen LogP contribution is 2.33. The number of carbonyl (C=O) groups excluding carboxylic acids is 3. The van der Waals surface area contributed by atoms with E-state index in [1.807, 2.05) is 44.2 Å². The molecule has 2 aromatic rings. The molecule has 0 bridgehead atoms. The first-order valence-electron chi connectivity index (χ1n) is 13.4. The van der Waals surface area contributed by atoms with E-state index in [0.29, 0.717) is 18.8 Å². The summed E-state index contributed by atoms with van der Waals surface area (Å²) in [6, 6.07) is 13.6. The summed E-state index contributed by atoms with van der Waals surface area (Å²) >= 11 is 1.65. The summed E-state index contributed by atoms with van der Waals surface area (Å²) in [5.41, 5.74) is 4.72. The van der Waals surface area contributed by atoms with E-state index in [9.17, 15) is 37.8 Å². The smallest absolute Gasteiger partial charge is 0.389 e. The Morgan fingerprint density at radius 3 is 2.21 bits per heavy atom. The van der Waals surface area contributed by atoms with Crippen molar-refractivity contribution < 1.29 is 37.8 Å². The zero-order chi connectivity index (χ0) is 32.8. The molecule has 0 aliphatic carbocycles. The van der Waals surface area contributed by atoms with Gasteiger partial charge < -0.3 is 31.5 Å². The Labute approximate surface area is 254 Å². The fourth-order valence-corrected chi connectivity index (χ4v) is 4.94. The molecule has 0 saturated carbocycles. The van der Waals surface area contributed by atoms with Crippen LogP contribution in [0.5, 0.6) is 0 Å². The lowest BCUT2D eigenvalue weighted by Gasteiger charge is -2.28. The molecule has 3 amide bonds. The first kappa shape index (κ1) is 37.6. The van der Waals surface area contributed by atoms with Gasteiger partial charge in [0.05, 0.1) is 23.6 Å². The molecule has 1 aliphatic rings. The highest BCUT2D eigenvalue weighted by molar-refractivity contribution is 8.00. The number of amides is 3. The summed E-state index contributed by atoms with van der Waals surface area (Å²) in [5.74, 6) is -0.471. The quantitative estimate of drug-likeness (QED) is 0.202. The van der Waals surface area contributed by atoms with E-state index in [-0.39, 0.29) is 28.8 Å². The summed E-state index contributed by atoms with van der Waals surface area (Å²) in [7, 11) is 1.50. The van der Waals surface area contributed by atoms with Gasteiger partial charge in [0.1, 0.15) is 0 Å². The van der Waals surface area contributed by atoms with Crippen molar-refractivity contribution in [3.8, 4) is 0 Å². The van der Waals surface area contributed by atoms with Crippen molar-refractivity contribution in [3.63, 3.8) is 0 Å². The lowest BCUT2D eigenvalue weighted by atomic mass is 9.99. The van der Waals surface area contributed by atoms with E-state index in [1.165, 1.54) is 32.2 Å². The fraction of sp³-hybridized carbons (Fsp3) is 0.433. The summed E-state index contributed by atoms with van der Waals surface area (Å²) in [6.45, 7) is 9.54. The Balaban J connectivity index is 0.000000485. The molecule has 1 aliphatic heterocycles. The molecule has 1 saturated heterocycles. The lowest BCUT2D eigenvalue weighted by molar-refractivity contribution is -0.141. The Bertz CT molecular complexity index is 1200. The number of carbonyl (C=O) groups is 3. The van der Waals surface area contributed by atoms with Crippen LogP contribution in [0.1, 0.15) is 37.5 Å². The van der Waals surface area contributed by atoms with Gasteiger partial charge in [-0.05, 0) is 51.4 Å². The van der Waals surface area contributed by atoms with Gasteiger partial charge in [0.25, 0.3) is 5.91 Å². The van der Waals surface area contributed by atoms with Gasteiger partial charge in [-0.2, -0.15) is 13.2 Å². The van der Waals surface area contributed by atoms with E-state index >= 15 is 0 Å². The summed E-state index contributed by atoms with van der Waals surface area (Å²) in [6.07, 6.45) is -6.11. The number of aliphatic hydroxyl groups is 2. The van der Waals surface area contributed by atoms with Gasteiger partial charge >= 0.3 is 6.18 Å². The minimum absolute atomic E-state index is 0.00873. The highest BCUT2D eigenvalue weighted by atomic mass is 32.2. The molecule has 9 nitrogen and oxygen atoms in total. The zero-order valence-electron chi connectivity index (χ0n) is 24.7. The average Bonchev–Trinajstić information content (AvgIpc) is 3.35. The SMILES string of the molecule is C=C(C(=O)NC(Cc1ccccc1)C(O)C(=O)N1CSC(C)(C)C1)C(C)O.CN.O=CNCc1ccccc1C(F)(F)F. The number of nitrogens with one attached hydrogen (secondary N) is 2. The number of halogens is 3. The summed E-state index contributed by atoms with van der Waals surface area (Å²) < 4.78 is 37.0. The molecule has 3 atom stereocenters. The fourth-order valence-electron chi connectivity index (χ4n) is 3.97. The Morgan fingerprint density at radius 2 is 1.70 bits per heavy atom. The zero-order valence-corrected chi connectivity index (χ0v) is 25.5. The molecule has 0 spiro atoms. The maximum atomic E-state index is 12.8. The number of aliphatic hydroxyl groups excluding tert-OH is 2. The molecule has 1 heterocycles. The van der Waals surface area contributed by atoms with E-state index in [4.69, 9.17) is 0 Å². The lowest BCUT2D eigenvalue weighted by Crippen LogP contribution is -2.53. The molecular weight excluding hydrogens is 585 g/mol. The van der Waals surface area contributed by atoms with Crippen LogP contribution < -0.4 is 16.4 Å². The van der Waals surface area contributed by atoms with Crippen molar-refractivity contribution in [1.82, 2.24) is 15.5 Å². The maximum absolute atomic E-state index is 12.8. The van der Waals surface area contributed by atoms with Crippen molar-refractivity contribution in [2.75, 3.05) is 19.5 Å². The molecular formula is C30H41F3N4O5S. The normalized spacial score (nSPS) is 15.8. The molecule has 0 aromatic heterocycles. The van der Waals surface area contributed by atoms with Gasteiger partial charge in [0.15, 0.2) is 6.10 Å². The minimum atomic E-state index is -4.37. The van der Waals surface area contributed by atoms with E-state index in [2.05, 4.69) is 22.9 Å². The van der Waals surface area contributed by atoms with Gasteiger partial charge in [-0.1, -0.05) is 55.1 Å². The second kappa shape index (κ2) is 17.7. The van der Waals surface area contributed by atoms with Gasteiger partial charge in [-0.3, -0.25) is 14.4 Å². The third-order valence-electron chi connectivity index (χ3n) is 6.24. The molecule has 3 rings (SSSR count). The van der Waals surface area contributed by atoms with Crippen LogP contribution in [0, 0.1) is 0 Å². The van der Waals surface area contributed by atoms with Crippen LogP contribution in [-0.2, 0) is 33.5 Å². The second-order valence-electron chi connectivity index (χ2n) is 10.1. The van der Waals surface area contributed by atoms with Crippen LogP contribution in [0.4, 0.5) is 13.2 Å². The molecule has 43 heavy (non-hydrogen) atoms. The first-order valence-corrected chi connectivity index (χ1v) is 14.4. The van der Waals surface area contributed by atoms with E-state index in [0.717, 1.165) is 11.6 Å². The van der Waals surface area contributed by atoms with Crippen LogP contribution in [0.3, 0.4) is 0 Å². The van der Waals surface area contributed by atoms with E-state index in [1.54, 1.807) is 16.7 Å². The van der Waals surface area contributed by atoms with Crippen molar-refractivity contribution in [1.29, 1.82) is 0 Å². The molecule has 6 N–H and O–H groups in total. The number of hydrogen-bond acceptors (Lipinski definition) is 7. The second-order valence-corrected chi connectivity index (χ2v) is 11.8. The van der Waals surface area contributed by atoms with Gasteiger partial charge in [-0.15, -0.1) is 11.8 Å². The van der Waals surface area contributed by atoms with Gasteiger partial charge in [-0.25, -0.2) is 0 Å². The Morgan fingerprint density at radius 1 is 1.12 bits per heavy atom. The highest BCUT2D eigenvalue weighted by Gasteiger charge is 2.38. The van der Waals surface area contributed by atoms with Crippen molar-refractivity contribution >= 4 is 30.0 Å². The summed E-state index contributed by atoms with van der Waals surface area (Å²) in [4.78, 5) is 36.7. The monoisotopic (exact) mass is 626 g/mol. The number of hydrogen-bond donors (Lipinski definition) is 5.